The van der Waals surface area contributed by atoms with Crippen LogP contribution in [-0.4, -0.2) is 67.8 Å². The molecule has 2 heterocycles. The SMILES string of the molecule is Cc1cccc(N2CCN(CCCNC(=O)c3ccccc3NC(=O)C3=CSCCO3)C[C@H]2C)c1. The average Bonchev–Trinajstić information content (AvgIpc) is 2.87. The normalized spacial score (nSPS) is 18.4. The number of carbonyl (C=O) groups is 2. The molecule has 0 aromatic heterocycles. The number of ether oxygens (including phenoxy) is 1. The summed E-state index contributed by atoms with van der Waals surface area (Å²) in [7, 11) is 0. The highest BCUT2D eigenvalue weighted by Gasteiger charge is 2.24. The molecule has 2 N–H and O–H groups in total. The summed E-state index contributed by atoms with van der Waals surface area (Å²) in [6.45, 7) is 9.45. The topological polar surface area (TPSA) is 73.9 Å². The van der Waals surface area contributed by atoms with Crippen molar-refractivity contribution in [2.75, 3.05) is 55.3 Å². The molecule has 1 fully saturated rings. The van der Waals surface area contributed by atoms with Gasteiger partial charge < -0.3 is 20.3 Å². The van der Waals surface area contributed by atoms with Crippen LogP contribution >= 0.6 is 11.8 Å². The minimum atomic E-state index is -0.337. The molecule has 1 saturated heterocycles. The van der Waals surface area contributed by atoms with Crippen molar-refractivity contribution in [3.63, 3.8) is 0 Å². The number of aryl methyl sites for hydroxylation is 1. The lowest BCUT2D eigenvalue weighted by molar-refractivity contribution is -0.116. The van der Waals surface area contributed by atoms with Gasteiger partial charge in [-0.3, -0.25) is 14.5 Å². The van der Waals surface area contributed by atoms with Gasteiger partial charge in [0.1, 0.15) is 0 Å². The van der Waals surface area contributed by atoms with Crippen molar-refractivity contribution in [2.24, 2.45) is 0 Å². The number of nitrogens with zero attached hydrogens (tertiary/aromatic N) is 2. The highest BCUT2D eigenvalue weighted by Crippen LogP contribution is 2.22. The lowest BCUT2D eigenvalue weighted by Crippen LogP contribution is -2.52. The first-order chi connectivity index (χ1) is 17.0. The molecule has 1 atom stereocenters. The van der Waals surface area contributed by atoms with Gasteiger partial charge in [-0.05, 0) is 56.6 Å². The number of rotatable bonds is 8. The molecule has 0 unspecified atom stereocenters. The van der Waals surface area contributed by atoms with E-state index >= 15 is 0 Å². The van der Waals surface area contributed by atoms with Gasteiger partial charge in [0.05, 0.1) is 17.9 Å². The smallest absolute Gasteiger partial charge is 0.291 e. The van der Waals surface area contributed by atoms with Crippen molar-refractivity contribution in [1.29, 1.82) is 0 Å². The highest BCUT2D eigenvalue weighted by atomic mass is 32.2. The molecule has 2 amide bonds. The van der Waals surface area contributed by atoms with Crippen LogP contribution in [0.1, 0.15) is 29.3 Å². The van der Waals surface area contributed by atoms with Gasteiger partial charge in [-0.15, -0.1) is 11.8 Å². The quantitative estimate of drug-likeness (QED) is 0.543. The van der Waals surface area contributed by atoms with Crippen LogP contribution in [0.25, 0.3) is 0 Å². The van der Waals surface area contributed by atoms with Crippen molar-refractivity contribution in [3.8, 4) is 0 Å². The van der Waals surface area contributed by atoms with E-state index in [9.17, 15) is 9.59 Å². The first kappa shape index (κ1) is 25.1. The number of nitrogens with one attached hydrogen (secondary N) is 2. The Kier molecular flexibility index (Phi) is 8.71. The van der Waals surface area contributed by atoms with E-state index in [4.69, 9.17) is 4.74 Å². The fourth-order valence-electron chi connectivity index (χ4n) is 4.49. The fourth-order valence-corrected chi connectivity index (χ4v) is 5.11. The van der Waals surface area contributed by atoms with Crippen LogP contribution in [0.2, 0.25) is 0 Å². The molecular formula is C27H34N4O3S. The average molecular weight is 495 g/mol. The predicted octanol–water partition coefficient (Wildman–Crippen LogP) is 3.87. The molecule has 186 valence electrons. The predicted molar refractivity (Wildman–Crippen MR) is 143 cm³/mol. The van der Waals surface area contributed by atoms with E-state index < -0.39 is 0 Å². The lowest BCUT2D eigenvalue weighted by atomic mass is 10.1. The van der Waals surface area contributed by atoms with Crippen LogP contribution < -0.4 is 15.5 Å². The summed E-state index contributed by atoms with van der Waals surface area (Å²) in [5.41, 5.74) is 3.51. The Morgan fingerprint density at radius 3 is 2.74 bits per heavy atom. The van der Waals surface area contributed by atoms with Gasteiger partial charge in [0, 0.05) is 49.1 Å². The Labute approximate surface area is 211 Å². The summed E-state index contributed by atoms with van der Waals surface area (Å²) in [5.74, 6) is 0.591. The molecule has 0 radical (unpaired) electrons. The Balaban J connectivity index is 1.23. The zero-order valence-corrected chi connectivity index (χ0v) is 21.3. The molecule has 0 spiro atoms. The molecule has 2 aliphatic rings. The zero-order valence-electron chi connectivity index (χ0n) is 20.5. The third-order valence-corrected chi connectivity index (χ3v) is 7.06. The van der Waals surface area contributed by atoms with Gasteiger partial charge in [0.25, 0.3) is 11.8 Å². The second-order valence-electron chi connectivity index (χ2n) is 8.99. The molecule has 0 saturated carbocycles. The number of hydrogen-bond donors (Lipinski definition) is 2. The molecule has 2 aliphatic heterocycles. The van der Waals surface area contributed by atoms with E-state index in [1.54, 1.807) is 41.4 Å². The summed E-state index contributed by atoms with van der Waals surface area (Å²) >= 11 is 1.54. The third kappa shape index (κ3) is 6.80. The number of anilines is 2. The number of para-hydroxylation sites is 1. The molecule has 8 heteroatoms. The number of amides is 2. The largest absolute Gasteiger partial charge is 0.487 e. The Hall–Kier alpha value is -2.97. The van der Waals surface area contributed by atoms with Gasteiger partial charge in [0.2, 0.25) is 0 Å². The summed E-state index contributed by atoms with van der Waals surface area (Å²) in [5, 5.41) is 7.53. The second-order valence-corrected chi connectivity index (χ2v) is 9.97. The van der Waals surface area contributed by atoms with Crippen molar-refractivity contribution < 1.29 is 14.3 Å². The highest BCUT2D eigenvalue weighted by molar-refractivity contribution is 8.02. The molecule has 0 aliphatic carbocycles. The molecule has 2 aromatic carbocycles. The first-order valence-corrected chi connectivity index (χ1v) is 13.2. The van der Waals surface area contributed by atoms with Gasteiger partial charge in [-0.1, -0.05) is 24.3 Å². The minimum Gasteiger partial charge on any atom is -0.487 e. The Morgan fingerprint density at radius 2 is 1.97 bits per heavy atom. The minimum absolute atomic E-state index is 0.188. The van der Waals surface area contributed by atoms with Gasteiger partial charge in [-0.25, -0.2) is 0 Å². The van der Waals surface area contributed by atoms with E-state index in [0.29, 0.717) is 30.4 Å². The summed E-state index contributed by atoms with van der Waals surface area (Å²) in [4.78, 5) is 30.2. The maximum atomic E-state index is 12.8. The second kappa shape index (κ2) is 12.1. The number of benzene rings is 2. The number of piperazine rings is 1. The van der Waals surface area contributed by atoms with Crippen LogP contribution in [0.3, 0.4) is 0 Å². The first-order valence-electron chi connectivity index (χ1n) is 12.2. The molecule has 2 aromatic rings. The van der Waals surface area contributed by atoms with Crippen LogP contribution in [0, 0.1) is 6.92 Å². The Morgan fingerprint density at radius 1 is 1.11 bits per heavy atom. The maximum absolute atomic E-state index is 12.8. The van der Waals surface area contributed by atoms with Crippen molar-refractivity contribution in [3.05, 3.63) is 70.8 Å². The van der Waals surface area contributed by atoms with Crippen molar-refractivity contribution in [2.45, 2.75) is 26.3 Å². The van der Waals surface area contributed by atoms with Crippen molar-refractivity contribution >= 4 is 35.0 Å². The summed E-state index contributed by atoms with van der Waals surface area (Å²) < 4.78 is 5.41. The summed E-state index contributed by atoms with van der Waals surface area (Å²) in [6, 6.07) is 16.2. The van der Waals surface area contributed by atoms with Gasteiger partial charge in [-0.2, -0.15) is 0 Å². The Bertz CT molecular complexity index is 1070. The standard InChI is InChI=1S/C27H34N4O3S/c1-20-7-5-8-22(17-20)31-14-13-30(18-21(31)2)12-6-11-28-26(32)23-9-3-4-10-24(23)29-27(33)25-19-35-16-15-34-25/h3-5,7-10,17,19,21H,6,11-16,18H2,1-2H3,(H,28,32)(H,29,33)/t21-/m1/s1. The zero-order chi connectivity index (χ0) is 24.6. The monoisotopic (exact) mass is 494 g/mol. The fraction of sp³-hybridized carbons (Fsp3) is 0.407. The lowest BCUT2D eigenvalue weighted by Gasteiger charge is -2.41. The van der Waals surface area contributed by atoms with E-state index in [2.05, 4.69) is 58.5 Å². The molecule has 7 nitrogen and oxygen atoms in total. The molecular weight excluding hydrogens is 460 g/mol. The van der Waals surface area contributed by atoms with E-state index in [0.717, 1.165) is 38.4 Å². The molecule has 4 rings (SSSR count). The third-order valence-electron chi connectivity index (χ3n) is 6.27. The van der Waals surface area contributed by atoms with E-state index in [-0.39, 0.29) is 17.6 Å². The molecule has 0 bridgehead atoms. The van der Waals surface area contributed by atoms with Crippen LogP contribution in [-0.2, 0) is 9.53 Å². The molecule has 35 heavy (non-hydrogen) atoms. The number of hydrogen-bond acceptors (Lipinski definition) is 6. The van der Waals surface area contributed by atoms with Crippen LogP contribution in [0.4, 0.5) is 11.4 Å². The van der Waals surface area contributed by atoms with Crippen LogP contribution in [0.15, 0.2) is 59.7 Å². The van der Waals surface area contributed by atoms with Crippen LogP contribution in [0.5, 0.6) is 0 Å². The van der Waals surface area contributed by atoms with Crippen molar-refractivity contribution in [1.82, 2.24) is 10.2 Å². The van der Waals surface area contributed by atoms with Gasteiger partial charge >= 0.3 is 0 Å². The number of carbonyl (C=O) groups excluding carboxylic acids is 2. The van der Waals surface area contributed by atoms with E-state index in [1.807, 2.05) is 0 Å². The van der Waals surface area contributed by atoms with E-state index in [1.165, 1.54) is 11.3 Å². The number of thioether (sulfide) groups is 1. The maximum Gasteiger partial charge on any atom is 0.291 e. The van der Waals surface area contributed by atoms with Gasteiger partial charge in [0.15, 0.2) is 5.76 Å². The summed E-state index contributed by atoms with van der Waals surface area (Å²) in [6.07, 6.45) is 0.870.